The Kier molecular flexibility index (Phi) is 4.93. The maximum atomic E-state index is 10.8. The smallest absolute Gasteiger partial charge is 0.335 e. The van der Waals surface area contributed by atoms with Gasteiger partial charge in [0.2, 0.25) is 0 Å². The first-order valence-electron chi connectivity index (χ1n) is 8.00. The lowest BCUT2D eigenvalue weighted by atomic mass is 10.0. The number of aromatic carboxylic acids is 1. The van der Waals surface area contributed by atoms with E-state index in [4.69, 9.17) is 9.84 Å². The summed E-state index contributed by atoms with van der Waals surface area (Å²) in [5.41, 5.74) is 4.12. The number of carboxylic acids is 1. The van der Waals surface area contributed by atoms with Gasteiger partial charge in [0, 0.05) is 13.0 Å². The lowest BCUT2D eigenvalue weighted by Gasteiger charge is -2.07. The Bertz CT molecular complexity index is 680. The fourth-order valence-electron chi connectivity index (χ4n) is 2.81. The third-order valence-corrected chi connectivity index (χ3v) is 4.10. The summed E-state index contributed by atoms with van der Waals surface area (Å²) in [6, 6.07) is 13.5. The van der Waals surface area contributed by atoms with E-state index in [0.717, 1.165) is 50.3 Å². The van der Waals surface area contributed by atoms with Crippen LogP contribution in [0.1, 0.15) is 33.5 Å². The van der Waals surface area contributed by atoms with E-state index in [1.165, 1.54) is 11.1 Å². The highest BCUT2D eigenvalue weighted by Gasteiger charge is 2.11. The molecule has 2 aromatic carbocycles. The zero-order chi connectivity index (χ0) is 16.1. The van der Waals surface area contributed by atoms with Crippen LogP contribution in [0.3, 0.4) is 0 Å². The second kappa shape index (κ2) is 7.29. The molecule has 23 heavy (non-hydrogen) atoms. The number of carbonyl (C=O) groups is 1. The van der Waals surface area contributed by atoms with Crippen LogP contribution in [-0.2, 0) is 19.4 Å². The van der Waals surface area contributed by atoms with E-state index < -0.39 is 5.97 Å². The molecule has 0 bridgehead atoms. The van der Waals surface area contributed by atoms with E-state index in [9.17, 15) is 4.79 Å². The van der Waals surface area contributed by atoms with Crippen molar-refractivity contribution in [1.82, 2.24) is 5.32 Å². The minimum atomic E-state index is -0.885. The van der Waals surface area contributed by atoms with E-state index in [2.05, 4.69) is 23.5 Å². The molecule has 2 N–H and O–H groups in total. The number of aryl methyl sites for hydroxylation is 1. The predicted molar refractivity (Wildman–Crippen MR) is 89.1 cm³/mol. The maximum absolute atomic E-state index is 10.8. The number of nitrogens with one attached hydrogen (secondary N) is 1. The minimum absolute atomic E-state index is 0.328. The molecule has 0 fully saturated rings. The maximum Gasteiger partial charge on any atom is 0.335 e. The van der Waals surface area contributed by atoms with Crippen LogP contribution in [-0.4, -0.2) is 24.2 Å². The van der Waals surface area contributed by atoms with Crippen molar-refractivity contribution in [1.29, 1.82) is 0 Å². The molecule has 0 saturated heterocycles. The molecule has 1 heterocycles. The normalized spacial score (nSPS) is 12.7. The zero-order valence-corrected chi connectivity index (χ0v) is 13.0. The van der Waals surface area contributed by atoms with Crippen molar-refractivity contribution in [2.75, 3.05) is 13.2 Å². The van der Waals surface area contributed by atoms with Crippen LogP contribution in [0, 0.1) is 0 Å². The van der Waals surface area contributed by atoms with Crippen molar-refractivity contribution < 1.29 is 14.6 Å². The van der Waals surface area contributed by atoms with Crippen LogP contribution in [0.2, 0.25) is 0 Å². The second-order valence-corrected chi connectivity index (χ2v) is 5.82. The number of rotatable bonds is 7. The predicted octanol–water partition coefficient (Wildman–Crippen LogP) is 3.04. The molecule has 1 aliphatic rings. The molecule has 120 valence electrons. The summed E-state index contributed by atoms with van der Waals surface area (Å²) in [5, 5.41) is 12.3. The van der Waals surface area contributed by atoms with Crippen molar-refractivity contribution >= 4 is 5.97 Å². The lowest BCUT2D eigenvalue weighted by molar-refractivity contribution is 0.0697. The van der Waals surface area contributed by atoms with Gasteiger partial charge in [0.05, 0.1) is 12.2 Å². The van der Waals surface area contributed by atoms with Crippen LogP contribution in [0.5, 0.6) is 5.75 Å². The van der Waals surface area contributed by atoms with Crippen LogP contribution in [0.4, 0.5) is 0 Å². The van der Waals surface area contributed by atoms with Gasteiger partial charge in [-0.25, -0.2) is 4.79 Å². The SMILES string of the molecule is O=C(O)c1ccc(CNCCCc2ccc3c(c2)CCO3)cc1. The largest absolute Gasteiger partial charge is 0.493 e. The summed E-state index contributed by atoms with van der Waals surface area (Å²) >= 11 is 0. The molecule has 2 aromatic rings. The van der Waals surface area contributed by atoms with Crippen molar-refractivity contribution in [3.05, 3.63) is 64.7 Å². The monoisotopic (exact) mass is 311 g/mol. The van der Waals surface area contributed by atoms with Gasteiger partial charge in [-0.05, 0) is 54.3 Å². The molecule has 0 amide bonds. The number of ether oxygens (including phenoxy) is 1. The summed E-state index contributed by atoms with van der Waals surface area (Å²) in [6.45, 7) is 2.51. The topological polar surface area (TPSA) is 58.6 Å². The lowest BCUT2D eigenvalue weighted by Crippen LogP contribution is -2.15. The fraction of sp³-hybridized carbons (Fsp3) is 0.316. The highest BCUT2D eigenvalue weighted by Crippen LogP contribution is 2.26. The number of benzene rings is 2. The first-order chi connectivity index (χ1) is 11.2. The van der Waals surface area contributed by atoms with E-state index in [1.54, 1.807) is 12.1 Å². The minimum Gasteiger partial charge on any atom is -0.493 e. The van der Waals surface area contributed by atoms with Gasteiger partial charge in [-0.3, -0.25) is 0 Å². The van der Waals surface area contributed by atoms with Gasteiger partial charge in [-0.2, -0.15) is 0 Å². The molecule has 0 spiro atoms. The Labute approximate surface area is 136 Å². The number of fused-ring (bicyclic) bond motifs is 1. The highest BCUT2D eigenvalue weighted by atomic mass is 16.5. The van der Waals surface area contributed by atoms with Gasteiger partial charge in [0.1, 0.15) is 5.75 Å². The average molecular weight is 311 g/mol. The summed E-state index contributed by atoms with van der Waals surface area (Å²) < 4.78 is 5.52. The van der Waals surface area contributed by atoms with E-state index in [1.807, 2.05) is 12.1 Å². The van der Waals surface area contributed by atoms with Crippen LogP contribution in [0.15, 0.2) is 42.5 Å². The molecule has 3 rings (SSSR count). The molecule has 0 aromatic heterocycles. The molecule has 0 unspecified atom stereocenters. The Morgan fingerprint density at radius 2 is 1.91 bits per heavy atom. The quantitative estimate of drug-likeness (QED) is 0.772. The van der Waals surface area contributed by atoms with E-state index in [0.29, 0.717) is 5.56 Å². The van der Waals surface area contributed by atoms with Gasteiger partial charge < -0.3 is 15.2 Å². The van der Waals surface area contributed by atoms with E-state index in [-0.39, 0.29) is 0 Å². The Morgan fingerprint density at radius 1 is 1.13 bits per heavy atom. The second-order valence-electron chi connectivity index (χ2n) is 5.82. The molecule has 0 aliphatic carbocycles. The molecule has 0 atom stereocenters. The fourth-order valence-corrected chi connectivity index (χ4v) is 2.81. The Hall–Kier alpha value is -2.33. The number of hydrogen-bond acceptors (Lipinski definition) is 3. The first-order valence-corrected chi connectivity index (χ1v) is 8.00. The Morgan fingerprint density at radius 3 is 2.70 bits per heavy atom. The standard InChI is InChI=1S/C19H21NO3/c21-19(22)16-6-3-15(4-7-16)13-20-10-1-2-14-5-8-18-17(12-14)9-11-23-18/h3-8,12,20H,1-2,9-11,13H2,(H,21,22). The van der Waals surface area contributed by atoms with Gasteiger partial charge in [-0.15, -0.1) is 0 Å². The van der Waals surface area contributed by atoms with Crippen LogP contribution in [0.25, 0.3) is 0 Å². The average Bonchev–Trinajstić information content (AvgIpc) is 3.02. The number of carboxylic acid groups (broad SMARTS) is 1. The molecule has 0 radical (unpaired) electrons. The summed E-state index contributed by atoms with van der Waals surface area (Å²) in [4.78, 5) is 10.8. The molecule has 4 heteroatoms. The van der Waals surface area contributed by atoms with Gasteiger partial charge in [0.15, 0.2) is 0 Å². The van der Waals surface area contributed by atoms with Gasteiger partial charge >= 0.3 is 5.97 Å². The molecule has 0 saturated carbocycles. The Balaban J connectivity index is 1.39. The van der Waals surface area contributed by atoms with Crippen molar-refractivity contribution in [2.45, 2.75) is 25.8 Å². The third-order valence-electron chi connectivity index (χ3n) is 4.10. The summed E-state index contributed by atoms with van der Waals surface area (Å²) in [7, 11) is 0. The third kappa shape index (κ3) is 4.11. The summed E-state index contributed by atoms with van der Waals surface area (Å²) in [5.74, 6) is 0.154. The van der Waals surface area contributed by atoms with Crippen molar-refractivity contribution in [3.63, 3.8) is 0 Å². The van der Waals surface area contributed by atoms with Crippen molar-refractivity contribution in [2.24, 2.45) is 0 Å². The van der Waals surface area contributed by atoms with Gasteiger partial charge in [0.25, 0.3) is 0 Å². The number of hydrogen-bond donors (Lipinski definition) is 2. The highest BCUT2D eigenvalue weighted by molar-refractivity contribution is 5.87. The molecule has 1 aliphatic heterocycles. The molecule has 4 nitrogen and oxygen atoms in total. The van der Waals surface area contributed by atoms with Crippen LogP contribution < -0.4 is 10.1 Å². The first kappa shape index (κ1) is 15.6. The summed E-state index contributed by atoms with van der Waals surface area (Å²) in [6.07, 6.45) is 3.15. The zero-order valence-electron chi connectivity index (χ0n) is 13.0. The van der Waals surface area contributed by atoms with Crippen LogP contribution >= 0.6 is 0 Å². The molecular weight excluding hydrogens is 290 g/mol. The molecular formula is C19H21NO3. The van der Waals surface area contributed by atoms with E-state index >= 15 is 0 Å². The van der Waals surface area contributed by atoms with Gasteiger partial charge in [-0.1, -0.05) is 24.3 Å². The van der Waals surface area contributed by atoms with Crippen molar-refractivity contribution in [3.8, 4) is 5.75 Å².